The minimum Gasteiger partial charge on any atom is -0.440 e. The van der Waals surface area contributed by atoms with Gasteiger partial charge in [0.15, 0.2) is 0 Å². The SMILES string of the molecule is Cc1coc(SCCn2ccc(N)n2)n1. The Labute approximate surface area is 91.7 Å². The van der Waals surface area contributed by atoms with Crippen LogP contribution >= 0.6 is 11.8 Å². The van der Waals surface area contributed by atoms with Crippen LogP contribution in [-0.2, 0) is 6.54 Å². The molecule has 2 rings (SSSR count). The van der Waals surface area contributed by atoms with Gasteiger partial charge in [0.1, 0.15) is 12.1 Å². The lowest BCUT2D eigenvalue weighted by Gasteiger charge is -1.98. The number of aromatic nitrogens is 3. The van der Waals surface area contributed by atoms with Gasteiger partial charge in [0.25, 0.3) is 5.22 Å². The van der Waals surface area contributed by atoms with Crippen molar-refractivity contribution in [2.45, 2.75) is 18.7 Å². The number of oxazole rings is 1. The van der Waals surface area contributed by atoms with Gasteiger partial charge in [0.2, 0.25) is 0 Å². The third-order valence-corrected chi connectivity index (χ3v) is 2.63. The maximum Gasteiger partial charge on any atom is 0.255 e. The second-order valence-corrected chi connectivity index (χ2v) is 4.15. The number of nitrogens with two attached hydrogens (primary N) is 1. The van der Waals surface area contributed by atoms with E-state index in [1.54, 1.807) is 28.8 Å². The van der Waals surface area contributed by atoms with E-state index in [1.807, 2.05) is 13.1 Å². The highest BCUT2D eigenvalue weighted by atomic mass is 32.2. The van der Waals surface area contributed by atoms with Crippen molar-refractivity contribution in [1.82, 2.24) is 14.8 Å². The molecule has 15 heavy (non-hydrogen) atoms. The van der Waals surface area contributed by atoms with Gasteiger partial charge < -0.3 is 10.2 Å². The van der Waals surface area contributed by atoms with Crippen LogP contribution in [0.2, 0.25) is 0 Å². The van der Waals surface area contributed by atoms with Gasteiger partial charge in [-0.3, -0.25) is 4.68 Å². The Morgan fingerprint density at radius 1 is 1.60 bits per heavy atom. The van der Waals surface area contributed by atoms with Gasteiger partial charge in [-0.05, 0) is 13.0 Å². The van der Waals surface area contributed by atoms with Crippen LogP contribution in [-0.4, -0.2) is 20.5 Å². The van der Waals surface area contributed by atoms with E-state index in [9.17, 15) is 0 Å². The number of hydrogen-bond acceptors (Lipinski definition) is 5. The summed E-state index contributed by atoms with van der Waals surface area (Å²) in [6, 6.07) is 1.78. The van der Waals surface area contributed by atoms with Gasteiger partial charge in [-0.2, -0.15) is 5.10 Å². The van der Waals surface area contributed by atoms with Crippen LogP contribution in [0.5, 0.6) is 0 Å². The van der Waals surface area contributed by atoms with Gasteiger partial charge in [-0.15, -0.1) is 0 Å². The van der Waals surface area contributed by atoms with Crippen molar-refractivity contribution in [3.8, 4) is 0 Å². The first kappa shape index (κ1) is 10.1. The van der Waals surface area contributed by atoms with Gasteiger partial charge in [0.05, 0.1) is 12.2 Å². The largest absolute Gasteiger partial charge is 0.440 e. The molecule has 0 atom stereocenters. The Kier molecular flexibility index (Phi) is 2.96. The van der Waals surface area contributed by atoms with E-state index in [-0.39, 0.29) is 0 Å². The molecule has 0 unspecified atom stereocenters. The molecule has 0 aliphatic heterocycles. The van der Waals surface area contributed by atoms with Crippen molar-refractivity contribution < 1.29 is 4.42 Å². The quantitative estimate of drug-likeness (QED) is 0.798. The summed E-state index contributed by atoms with van der Waals surface area (Å²) in [5, 5.41) is 4.78. The molecule has 80 valence electrons. The molecule has 6 heteroatoms. The van der Waals surface area contributed by atoms with Crippen LogP contribution in [0.4, 0.5) is 5.82 Å². The van der Waals surface area contributed by atoms with E-state index in [0.29, 0.717) is 11.0 Å². The highest BCUT2D eigenvalue weighted by molar-refractivity contribution is 7.99. The fourth-order valence-corrected chi connectivity index (χ4v) is 1.90. The fraction of sp³-hybridized carbons (Fsp3) is 0.333. The Morgan fingerprint density at radius 2 is 2.47 bits per heavy atom. The topological polar surface area (TPSA) is 69.9 Å². The standard InChI is InChI=1S/C9H12N4OS/c1-7-6-14-9(11-7)15-5-4-13-3-2-8(10)12-13/h2-3,6H,4-5H2,1H3,(H2,10,12). The number of rotatable bonds is 4. The molecule has 0 saturated carbocycles. The van der Waals surface area contributed by atoms with Crippen molar-refractivity contribution in [2.75, 3.05) is 11.5 Å². The number of nitrogens with zero attached hydrogens (tertiary/aromatic N) is 3. The predicted molar refractivity (Wildman–Crippen MR) is 58.6 cm³/mol. The fourth-order valence-electron chi connectivity index (χ4n) is 1.13. The first-order chi connectivity index (χ1) is 7.24. The van der Waals surface area contributed by atoms with E-state index in [0.717, 1.165) is 18.0 Å². The van der Waals surface area contributed by atoms with Crippen LogP contribution in [0.15, 0.2) is 28.2 Å². The first-order valence-electron chi connectivity index (χ1n) is 4.58. The van der Waals surface area contributed by atoms with Crippen molar-refractivity contribution in [1.29, 1.82) is 0 Å². The van der Waals surface area contributed by atoms with Gasteiger partial charge in [-0.1, -0.05) is 11.8 Å². The number of thioether (sulfide) groups is 1. The van der Waals surface area contributed by atoms with Crippen LogP contribution in [0.1, 0.15) is 5.69 Å². The summed E-state index contributed by atoms with van der Waals surface area (Å²) in [4.78, 5) is 4.19. The van der Waals surface area contributed by atoms with Crippen LogP contribution < -0.4 is 5.73 Å². The molecule has 2 aromatic heterocycles. The number of aryl methyl sites for hydroxylation is 2. The normalized spacial score (nSPS) is 10.7. The molecule has 0 amide bonds. The Hall–Kier alpha value is -1.43. The number of nitrogen functional groups attached to an aromatic ring is 1. The van der Waals surface area contributed by atoms with Crippen LogP contribution in [0, 0.1) is 6.92 Å². The molecule has 2 heterocycles. The van der Waals surface area contributed by atoms with Crippen LogP contribution in [0.25, 0.3) is 0 Å². The summed E-state index contributed by atoms with van der Waals surface area (Å²) in [6.45, 7) is 2.70. The zero-order chi connectivity index (χ0) is 10.7. The Balaban J connectivity index is 1.80. The van der Waals surface area contributed by atoms with E-state index >= 15 is 0 Å². The Bertz CT molecular complexity index is 397. The summed E-state index contributed by atoms with van der Waals surface area (Å²) < 4.78 is 7.01. The lowest BCUT2D eigenvalue weighted by molar-refractivity contribution is 0.453. The molecule has 5 nitrogen and oxygen atoms in total. The molecular weight excluding hydrogens is 212 g/mol. The summed E-state index contributed by atoms with van der Waals surface area (Å²) in [7, 11) is 0. The first-order valence-corrected chi connectivity index (χ1v) is 5.56. The van der Waals surface area contributed by atoms with Gasteiger partial charge in [-0.25, -0.2) is 4.98 Å². The predicted octanol–water partition coefficient (Wildman–Crippen LogP) is 1.55. The summed E-state index contributed by atoms with van der Waals surface area (Å²) in [5.74, 6) is 1.41. The third kappa shape index (κ3) is 2.76. The molecule has 0 fully saturated rings. The van der Waals surface area contributed by atoms with E-state index in [2.05, 4.69) is 10.1 Å². The molecule has 0 radical (unpaired) electrons. The highest BCUT2D eigenvalue weighted by Crippen LogP contribution is 2.16. The van der Waals surface area contributed by atoms with Crippen LogP contribution in [0.3, 0.4) is 0 Å². The molecule has 0 aliphatic carbocycles. The summed E-state index contributed by atoms with van der Waals surface area (Å²) in [5.41, 5.74) is 6.40. The van der Waals surface area contributed by atoms with Gasteiger partial charge >= 0.3 is 0 Å². The zero-order valence-electron chi connectivity index (χ0n) is 8.38. The zero-order valence-corrected chi connectivity index (χ0v) is 9.20. The van der Waals surface area contributed by atoms with Gasteiger partial charge in [0, 0.05) is 11.9 Å². The van der Waals surface area contributed by atoms with Crippen molar-refractivity contribution in [2.24, 2.45) is 0 Å². The molecule has 0 spiro atoms. The van der Waals surface area contributed by atoms with E-state index < -0.39 is 0 Å². The average molecular weight is 224 g/mol. The monoisotopic (exact) mass is 224 g/mol. The minimum absolute atomic E-state index is 0.548. The van der Waals surface area contributed by atoms with E-state index in [4.69, 9.17) is 10.2 Å². The number of hydrogen-bond donors (Lipinski definition) is 1. The van der Waals surface area contributed by atoms with E-state index in [1.165, 1.54) is 0 Å². The molecule has 0 saturated heterocycles. The number of anilines is 1. The molecular formula is C9H12N4OS. The molecule has 0 aliphatic rings. The lowest BCUT2D eigenvalue weighted by atomic mass is 10.6. The maximum atomic E-state index is 5.50. The smallest absolute Gasteiger partial charge is 0.255 e. The summed E-state index contributed by atoms with van der Waals surface area (Å²) >= 11 is 1.57. The second kappa shape index (κ2) is 4.39. The minimum atomic E-state index is 0.548. The van der Waals surface area contributed by atoms with Crippen molar-refractivity contribution in [3.05, 3.63) is 24.2 Å². The summed E-state index contributed by atoms with van der Waals surface area (Å²) in [6.07, 6.45) is 3.50. The lowest BCUT2D eigenvalue weighted by Crippen LogP contribution is -2.01. The molecule has 2 aromatic rings. The average Bonchev–Trinajstić information content (AvgIpc) is 2.76. The highest BCUT2D eigenvalue weighted by Gasteiger charge is 2.01. The maximum absolute atomic E-state index is 5.50. The molecule has 0 aromatic carbocycles. The van der Waals surface area contributed by atoms with Crippen molar-refractivity contribution in [3.63, 3.8) is 0 Å². The van der Waals surface area contributed by atoms with Crippen molar-refractivity contribution >= 4 is 17.6 Å². The molecule has 0 bridgehead atoms. The second-order valence-electron chi connectivity index (χ2n) is 3.11. The third-order valence-electron chi connectivity index (χ3n) is 1.81. The molecule has 2 N–H and O–H groups in total. The Morgan fingerprint density at radius 3 is 3.07 bits per heavy atom.